The Labute approximate surface area is 81.0 Å². The van der Waals surface area contributed by atoms with Gasteiger partial charge < -0.3 is 15.5 Å². The van der Waals surface area contributed by atoms with Crippen LogP contribution in [0.3, 0.4) is 0 Å². The molecule has 4 nitrogen and oxygen atoms in total. The first-order valence-corrected chi connectivity index (χ1v) is 4.94. The molecule has 0 aromatic heterocycles. The van der Waals surface area contributed by atoms with Crippen LogP contribution in [0.15, 0.2) is 22.8 Å². The van der Waals surface area contributed by atoms with E-state index in [1.165, 1.54) is 0 Å². The molecular weight excluding hydrogens is 186 g/mol. The van der Waals surface area contributed by atoms with Crippen molar-refractivity contribution < 1.29 is 4.79 Å². The second-order valence-corrected chi connectivity index (χ2v) is 3.97. The average Bonchev–Trinajstić information content (AvgIpc) is 2.56. The molecule has 0 aromatic carbocycles. The maximum absolute atomic E-state index is 10.7. The summed E-state index contributed by atoms with van der Waals surface area (Å²) in [7, 11) is 0. The third kappa shape index (κ3) is 1.39. The number of rotatable bonds is 2. The number of carbonyl (C=O) groups is 1. The van der Waals surface area contributed by atoms with Gasteiger partial charge >= 0.3 is 0 Å². The van der Waals surface area contributed by atoms with Crippen LogP contribution in [0, 0.1) is 0 Å². The normalized spacial score (nSPS) is 25.0. The lowest BCUT2D eigenvalue weighted by Crippen LogP contribution is -2.38. The lowest BCUT2D eigenvalue weighted by Gasteiger charge is -2.25. The van der Waals surface area contributed by atoms with Crippen LogP contribution in [-0.4, -0.2) is 28.4 Å². The Hall–Kier alpha value is -1.10. The van der Waals surface area contributed by atoms with Gasteiger partial charge in [-0.15, -0.1) is 0 Å². The van der Waals surface area contributed by atoms with Gasteiger partial charge in [-0.05, 0) is 12.3 Å². The molecule has 2 aliphatic heterocycles. The van der Waals surface area contributed by atoms with Crippen LogP contribution in [0.1, 0.15) is 6.92 Å². The van der Waals surface area contributed by atoms with Gasteiger partial charge in [-0.25, -0.2) is 0 Å². The molecule has 0 spiro atoms. The van der Waals surface area contributed by atoms with Gasteiger partial charge in [0.2, 0.25) is 5.91 Å². The number of carbonyl (C=O) groups excluding carboxylic acids is 1. The number of amides is 1. The summed E-state index contributed by atoms with van der Waals surface area (Å²) in [4.78, 5) is 14.8. The van der Waals surface area contributed by atoms with E-state index in [4.69, 9.17) is 5.73 Å². The molecule has 0 fully saturated rings. The van der Waals surface area contributed by atoms with Crippen molar-refractivity contribution in [2.75, 3.05) is 6.54 Å². The molecule has 2 heterocycles. The second kappa shape index (κ2) is 2.99. The van der Waals surface area contributed by atoms with Crippen LogP contribution in [0.4, 0.5) is 0 Å². The lowest BCUT2D eigenvalue weighted by atomic mass is 10.4. The average molecular weight is 197 g/mol. The first kappa shape index (κ1) is 8.50. The topological polar surface area (TPSA) is 49.6 Å². The molecule has 2 aliphatic rings. The zero-order valence-corrected chi connectivity index (χ0v) is 8.12. The smallest absolute Gasteiger partial charge is 0.237 e. The highest BCUT2D eigenvalue weighted by Crippen LogP contribution is 2.36. The molecule has 0 saturated heterocycles. The SMILES string of the molecule is CC1N(CC(N)=O)C=C2SC=CN21. The van der Waals surface area contributed by atoms with Crippen LogP contribution in [0.5, 0.6) is 0 Å². The molecule has 1 unspecified atom stereocenters. The molecule has 2 rings (SSSR count). The Balaban J connectivity index is 2.10. The highest BCUT2D eigenvalue weighted by atomic mass is 32.2. The van der Waals surface area contributed by atoms with Crippen LogP contribution in [0.25, 0.3) is 0 Å². The molecule has 0 bridgehead atoms. The van der Waals surface area contributed by atoms with Crippen molar-refractivity contribution >= 4 is 17.7 Å². The van der Waals surface area contributed by atoms with E-state index in [0.29, 0.717) is 0 Å². The van der Waals surface area contributed by atoms with E-state index in [0.717, 1.165) is 5.03 Å². The summed E-state index contributed by atoms with van der Waals surface area (Å²) in [5.41, 5.74) is 5.13. The molecule has 13 heavy (non-hydrogen) atoms. The fourth-order valence-corrected chi connectivity index (χ4v) is 2.34. The third-order valence-corrected chi connectivity index (χ3v) is 2.98. The van der Waals surface area contributed by atoms with Crippen molar-refractivity contribution in [2.45, 2.75) is 13.1 Å². The Morgan fingerprint density at radius 2 is 2.54 bits per heavy atom. The van der Waals surface area contributed by atoms with E-state index >= 15 is 0 Å². The minimum absolute atomic E-state index is 0.203. The minimum atomic E-state index is -0.293. The number of hydrogen-bond acceptors (Lipinski definition) is 4. The van der Waals surface area contributed by atoms with Crippen LogP contribution >= 0.6 is 11.8 Å². The maximum Gasteiger partial charge on any atom is 0.237 e. The van der Waals surface area contributed by atoms with E-state index in [1.54, 1.807) is 11.8 Å². The summed E-state index contributed by atoms with van der Waals surface area (Å²) in [5.74, 6) is -0.293. The highest BCUT2D eigenvalue weighted by molar-refractivity contribution is 8.06. The number of thioether (sulfide) groups is 1. The third-order valence-electron chi connectivity index (χ3n) is 2.16. The van der Waals surface area contributed by atoms with Crippen molar-refractivity contribution in [3.05, 3.63) is 22.8 Å². The van der Waals surface area contributed by atoms with Gasteiger partial charge in [0, 0.05) is 12.4 Å². The number of primary amides is 1. The van der Waals surface area contributed by atoms with E-state index in [1.807, 2.05) is 29.6 Å². The molecular formula is C8H11N3OS. The molecule has 0 aromatic rings. The first-order chi connectivity index (χ1) is 6.18. The van der Waals surface area contributed by atoms with Gasteiger partial charge in [-0.2, -0.15) is 0 Å². The Kier molecular flexibility index (Phi) is 1.95. The number of nitrogens with two attached hydrogens (primary N) is 1. The van der Waals surface area contributed by atoms with Gasteiger partial charge in [0.05, 0.1) is 11.6 Å². The predicted octanol–water partition coefficient (Wildman–Crippen LogP) is 0.452. The largest absolute Gasteiger partial charge is 0.368 e. The van der Waals surface area contributed by atoms with Crippen molar-refractivity contribution in [3.63, 3.8) is 0 Å². The van der Waals surface area contributed by atoms with Crippen LogP contribution in [0.2, 0.25) is 0 Å². The van der Waals surface area contributed by atoms with E-state index in [-0.39, 0.29) is 18.6 Å². The van der Waals surface area contributed by atoms with Gasteiger partial charge in [0.25, 0.3) is 0 Å². The van der Waals surface area contributed by atoms with E-state index < -0.39 is 0 Å². The van der Waals surface area contributed by atoms with Crippen molar-refractivity contribution in [1.29, 1.82) is 0 Å². The minimum Gasteiger partial charge on any atom is -0.368 e. The summed E-state index contributed by atoms with van der Waals surface area (Å²) >= 11 is 1.66. The first-order valence-electron chi connectivity index (χ1n) is 4.06. The molecule has 0 aliphatic carbocycles. The van der Waals surface area contributed by atoms with Crippen LogP contribution in [-0.2, 0) is 4.79 Å². The summed E-state index contributed by atoms with van der Waals surface area (Å²) in [6, 6.07) is 0. The molecule has 2 N–H and O–H groups in total. The Morgan fingerprint density at radius 3 is 3.15 bits per heavy atom. The quantitative estimate of drug-likeness (QED) is 0.698. The maximum atomic E-state index is 10.7. The van der Waals surface area contributed by atoms with Crippen molar-refractivity contribution in [3.8, 4) is 0 Å². The highest BCUT2D eigenvalue weighted by Gasteiger charge is 2.30. The number of nitrogens with zero attached hydrogens (tertiary/aromatic N) is 2. The Morgan fingerprint density at radius 1 is 1.77 bits per heavy atom. The van der Waals surface area contributed by atoms with E-state index in [9.17, 15) is 4.79 Å². The fourth-order valence-electron chi connectivity index (χ4n) is 1.47. The van der Waals surface area contributed by atoms with Gasteiger partial charge in [-0.3, -0.25) is 4.79 Å². The van der Waals surface area contributed by atoms with Crippen LogP contribution < -0.4 is 5.73 Å². The standard InChI is InChI=1S/C8H11N3OS/c1-6-10(4-7(9)12)5-8-11(6)2-3-13-8/h2-3,5-6H,4H2,1H3,(H2,9,12). The zero-order chi connectivity index (χ0) is 9.42. The van der Waals surface area contributed by atoms with Gasteiger partial charge in [-0.1, -0.05) is 11.8 Å². The molecule has 0 saturated carbocycles. The Bertz CT molecular complexity index is 300. The fraction of sp³-hybridized carbons (Fsp3) is 0.375. The summed E-state index contributed by atoms with van der Waals surface area (Å²) in [5, 5.41) is 3.19. The monoisotopic (exact) mass is 197 g/mol. The summed E-state index contributed by atoms with van der Waals surface area (Å²) in [6.07, 6.45) is 4.19. The van der Waals surface area contributed by atoms with Gasteiger partial charge in [0.15, 0.2) is 0 Å². The summed E-state index contributed by atoms with van der Waals surface area (Å²) in [6.45, 7) is 2.33. The molecule has 70 valence electrons. The van der Waals surface area contributed by atoms with Crippen molar-refractivity contribution in [2.24, 2.45) is 5.73 Å². The molecule has 1 atom stereocenters. The lowest BCUT2D eigenvalue weighted by molar-refractivity contribution is -0.119. The zero-order valence-electron chi connectivity index (χ0n) is 7.30. The second-order valence-electron chi connectivity index (χ2n) is 3.05. The number of hydrogen-bond donors (Lipinski definition) is 1. The predicted molar refractivity (Wildman–Crippen MR) is 52.0 cm³/mol. The molecule has 1 amide bonds. The molecule has 5 heteroatoms. The molecule has 0 radical (unpaired) electrons. The summed E-state index contributed by atoms with van der Waals surface area (Å²) < 4.78 is 0. The van der Waals surface area contributed by atoms with Crippen molar-refractivity contribution in [1.82, 2.24) is 9.80 Å². The van der Waals surface area contributed by atoms with Gasteiger partial charge in [0.1, 0.15) is 6.17 Å². The van der Waals surface area contributed by atoms with E-state index in [2.05, 4.69) is 4.90 Å². The number of fused-ring (bicyclic) bond motifs is 1.